The maximum Gasteiger partial charge on any atom is 0.0666 e. The minimum Gasteiger partial charge on any atom is -0.134 e. The first-order valence-corrected chi connectivity index (χ1v) is 9.13. The normalized spacial score (nSPS) is 10.8. The fourth-order valence-electron chi connectivity index (χ4n) is 1.58. The summed E-state index contributed by atoms with van der Waals surface area (Å²) < 4.78 is 4.08. The summed E-state index contributed by atoms with van der Waals surface area (Å²) in [6.45, 7) is 2.15. The second kappa shape index (κ2) is 6.18. The van der Waals surface area contributed by atoms with E-state index in [-0.39, 0.29) is 0 Å². The molecule has 0 fully saturated rings. The van der Waals surface area contributed by atoms with Crippen LogP contribution in [0.2, 0.25) is 0 Å². The Morgan fingerprint density at radius 1 is 0.684 bits per heavy atom. The zero-order valence-corrected chi connectivity index (χ0v) is 13.6. The van der Waals surface area contributed by atoms with E-state index in [9.17, 15) is 0 Å². The molecule has 0 radical (unpaired) electrons. The van der Waals surface area contributed by atoms with E-state index in [0.717, 1.165) is 0 Å². The molecule has 0 unspecified atom stereocenters. The zero-order chi connectivity index (χ0) is 13.1. The summed E-state index contributed by atoms with van der Waals surface area (Å²) in [7, 11) is 0. The Hall–Kier alpha value is -0.680. The van der Waals surface area contributed by atoms with Crippen LogP contribution in [0.25, 0.3) is 0 Å². The highest BCUT2D eigenvalue weighted by molar-refractivity contribution is 8.04. The van der Waals surface area contributed by atoms with E-state index < -0.39 is 0 Å². The third-order valence-corrected chi connectivity index (χ3v) is 6.92. The van der Waals surface area contributed by atoms with E-state index in [4.69, 9.17) is 0 Å². The van der Waals surface area contributed by atoms with Gasteiger partial charge in [0.15, 0.2) is 0 Å². The fraction of sp³-hybridized carbons (Fsp3) is 0.0667. The third kappa shape index (κ3) is 3.66. The van der Waals surface area contributed by atoms with E-state index >= 15 is 0 Å². The van der Waals surface area contributed by atoms with Crippen molar-refractivity contribution in [2.75, 3.05) is 0 Å². The van der Waals surface area contributed by atoms with Crippen LogP contribution in [0.15, 0.2) is 72.1 Å². The number of hydrogen-bond acceptors (Lipinski definition) is 4. The van der Waals surface area contributed by atoms with Crippen LogP contribution >= 0.6 is 46.2 Å². The fourth-order valence-corrected chi connectivity index (χ4v) is 6.35. The zero-order valence-electron chi connectivity index (χ0n) is 10.3. The largest absolute Gasteiger partial charge is 0.134 e. The van der Waals surface area contributed by atoms with Gasteiger partial charge in [0.2, 0.25) is 0 Å². The molecule has 2 aromatic heterocycles. The average Bonchev–Trinajstić information content (AvgIpc) is 3.01. The lowest BCUT2D eigenvalue weighted by molar-refractivity contribution is 1.46. The van der Waals surface area contributed by atoms with Gasteiger partial charge in [-0.15, -0.1) is 22.7 Å². The molecule has 0 spiro atoms. The molecule has 0 aliphatic rings. The van der Waals surface area contributed by atoms with Crippen molar-refractivity contribution < 1.29 is 0 Å². The maximum absolute atomic E-state index is 2.22. The van der Waals surface area contributed by atoms with Crippen LogP contribution in [0.5, 0.6) is 0 Å². The predicted octanol–water partition coefficient (Wildman–Crippen LogP) is 6.42. The van der Waals surface area contributed by atoms with Gasteiger partial charge in [-0.25, -0.2) is 0 Å². The number of aryl methyl sites for hydroxylation is 1. The molecule has 0 atom stereocenters. The van der Waals surface area contributed by atoms with Crippen LogP contribution < -0.4 is 0 Å². The van der Waals surface area contributed by atoms with Gasteiger partial charge in [0.1, 0.15) is 0 Å². The molecule has 19 heavy (non-hydrogen) atoms. The molecule has 0 aliphatic carbocycles. The van der Waals surface area contributed by atoms with Gasteiger partial charge in [-0.1, -0.05) is 41.7 Å². The van der Waals surface area contributed by atoms with Gasteiger partial charge in [-0.2, -0.15) is 0 Å². The quantitative estimate of drug-likeness (QED) is 0.544. The monoisotopic (exact) mass is 320 g/mol. The number of rotatable bonds is 4. The summed E-state index contributed by atoms with van der Waals surface area (Å²) in [5.74, 6) is 0. The molecule has 0 saturated heterocycles. The minimum atomic E-state index is 1.30. The molecule has 0 N–H and O–H groups in total. The molecule has 0 bridgehead atoms. The van der Waals surface area contributed by atoms with Gasteiger partial charge in [-0.3, -0.25) is 0 Å². The first-order chi connectivity index (χ1) is 9.29. The van der Waals surface area contributed by atoms with Crippen molar-refractivity contribution >= 4 is 46.2 Å². The van der Waals surface area contributed by atoms with Gasteiger partial charge >= 0.3 is 0 Å². The van der Waals surface area contributed by atoms with Crippen molar-refractivity contribution in [3.8, 4) is 0 Å². The van der Waals surface area contributed by atoms with Gasteiger partial charge in [-0.05, 0) is 43.3 Å². The Morgan fingerprint density at radius 2 is 1.32 bits per heavy atom. The first-order valence-electron chi connectivity index (χ1n) is 5.87. The number of hydrogen-bond donors (Lipinski definition) is 0. The predicted molar refractivity (Wildman–Crippen MR) is 88.1 cm³/mol. The molecule has 0 amide bonds. The van der Waals surface area contributed by atoms with Crippen molar-refractivity contribution in [2.24, 2.45) is 0 Å². The van der Waals surface area contributed by atoms with E-state index in [2.05, 4.69) is 61.5 Å². The van der Waals surface area contributed by atoms with Gasteiger partial charge < -0.3 is 0 Å². The van der Waals surface area contributed by atoms with Crippen molar-refractivity contribution in [3.05, 3.63) is 59.5 Å². The molecule has 96 valence electrons. The molecule has 4 heteroatoms. The highest BCUT2D eigenvalue weighted by Crippen LogP contribution is 2.41. The minimum absolute atomic E-state index is 1.30. The molecule has 0 aliphatic heterocycles. The summed E-state index contributed by atoms with van der Waals surface area (Å²) in [6, 6.07) is 19.3. The van der Waals surface area contributed by atoms with Crippen molar-refractivity contribution in [2.45, 2.75) is 24.4 Å². The van der Waals surface area contributed by atoms with E-state index in [0.29, 0.717) is 0 Å². The molecule has 2 heterocycles. The number of thiophene rings is 2. The molecule has 0 saturated carbocycles. The molecular weight excluding hydrogens is 308 g/mol. The highest BCUT2D eigenvalue weighted by atomic mass is 32.2. The SMILES string of the molecule is Cc1ccc(Sc2ccc(Sc3ccccc3)s2)s1. The van der Waals surface area contributed by atoms with E-state index in [1.165, 1.54) is 22.4 Å². The van der Waals surface area contributed by atoms with Crippen LogP contribution in [0.4, 0.5) is 0 Å². The van der Waals surface area contributed by atoms with E-state index in [1.807, 2.05) is 46.2 Å². The lowest BCUT2D eigenvalue weighted by Gasteiger charge is -1.96. The molecular formula is C15H12S4. The maximum atomic E-state index is 2.22. The Bertz CT molecular complexity index is 652. The lowest BCUT2D eigenvalue weighted by atomic mass is 10.4. The Morgan fingerprint density at radius 3 is 2.00 bits per heavy atom. The van der Waals surface area contributed by atoms with Crippen molar-refractivity contribution in [1.29, 1.82) is 0 Å². The Kier molecular flexibility index (Phi) is 4.33. The summed E-state index contributed by atoms with van der Waals surface area (Å²) >= 11 is 7.42. The molecule has 3 rings (SSSR count). The average molecular weight is 321 g/mol. The van der Waals surface area contributed by atoms with Crippen LogP contribution in [0.3, 0.4) is 0 Å². The third-order valence-electron chi connectivity index (χ3n) is 2.44. The van der Waals surface area contributed by atoms with Crippen LogP contribution in [0, 0.1) is 6.92 Å². The van der Waals surface area contributed by atoms with Gasteiger partial charge in [0.25, 0.3) is 0 Å². The lowest BCUT2D eigenvalue weighted by Crippen LogP contribution is -1.65. The highest BCUT2D eigenvalue weighted by Gasteiger charge is 2.05. The van der Waals surface area contributed by atoms with Crippen molar-refractivity contribution in [3.63, 3.8) is 0 Å². The van der Waals surface area contributed by atoms with Crippen LogP contribution in [-0.2, 0) is 0 Å². The standard InChI is InChI=1S/C15H12S4/c1-11-7-8-13(16-11)18-15-10-9-14(19-15)17-12-5-3-2-4-6-12/h2-10H,1H3. The number of benzene rings is 1. The van der Waals surface area contributed by atoms with E-state index in [1.54, 1.807) is 0 Å². The van der Waals surface area contributed by atoms with Crippen LogP contribution in [0.1, 0.15) is 4.88 Å². The second-order valence-electron chi connectivity index (χ2n) is 3.96. The topological polar surface area (TPSA) is 0 Å². The van der Waals surface area contributed by atoms with Gasteiger partial charge in [0, 0.05) is 9.77 Å². The summed E-state index contributed by atoms with van der Waals surface area (Å²) in [5, 5.41) is 0. The molecule has 3 aromatic rings. The summed E-state index contributed by atoms with van der Waals surface area (Å²) in [4.78, 5) is 2.67. The Balaban J connectivity index is 1.69. The summed E-state index contributed by atoms with van der Waals surface area (Å²) in [6.07, 6.45) is 0. The summed E-state index contributed by atoms with van der Waals surface area (Å²) in [5.41, 5.74) is 0. The Labute approximate surface area is 129 Å². The smallest absolute Gasteiger partial charge is 0.0666 e. The molecule has 1 aromatic carbocycles. The van der Waals surface area contributed by atoms with Crippen molar-refractivity contribution in [1.82, 2.24) is 0 Å². The first kappa shape index (κ1) is 13.3. The molecule has 0 nitrogen and oxygen atoms in total. The second-order valence-corrected chi connectivity index (χ2v) is 9.30. The van der Waals surface area contributed by atoms with Gasteiger partial charge in [0.05, 0.1) is 12.6 Å². The van der Waals surface area contributed by atoms with Crippen LogP contribution in [-0.4, -0.2) is 0 Å².